The third kappa shape index (κ3) is 0.696. The summed E-state index contributed by atoms with van der Waals surface area (Å²) < 4.78 is 0. The van der Waals surface area contributed by atoms with Crippen LogP contribution in [0.5, 0.6) is 0 Å². The first-order valence-electron chi connectivity index (χ1n) is 3.01. The molecule has 0 heterocycles. The van der Waals surface area contributed by atoms with Gasteiger partial charge in [0.25, 0.3) is 0 Å². The third-order valence-corrected chi connectivity index (χ3v) is 1.86. The van der Waals surface area contributed by atoms with Gasteiger partial charge in [-0.05, 0) is 25.7 Å². The van der Waals surface area contributed by atoms with Gasteiger partial charge in [-0.1, -0.05) is 18.6 Å². The molecule has 0 aromatic rings. The predicted octanol–water partition coefficient (Wildman–Crippen LogP) is 2.36. The fourth-order valence-electron chi connectivity index (χ4n) is 1.01. The highest BCUT2D eigenvalue weighted by molar-refractivity contribution is 5.14. The highest BCUT2D eigenvalue weighted by Crippen LogP contribution is 2.28. The summed E-state index contributed by atoms with van der Waals surface area (Å²) in [7, 11) is 0. The van der Waals surface area contributed by atoms with Crippen LogP contribution in [0.4, 0.5) is 0 Å². The Morgan fingerprint density at radius 2 is 2.57 bits per heavy atom. The molecule has 0 nitrogen and oxygen atoms in total. The minimum atomic E-state index is 0.944. The molecule has 0 amide bonds. The molecule has 40 valence electrons. The number of allylic oxidation sites excluding steroid dienone is 2. The van der Waals surface area contributed by atoms with Crippen LogP contribution in [0.15, 0.2) is 11.6 Å². The van der Waals surface area contributed by atoms with E-state index in [0.29, 0.717) is 0 Å². The molecule has 1 unspecified atom stereocenters. The van der Waals surface area contributed by atoms with E-state index < -0.39 is 0 Å². The Labute approximate surface area is 45.2 Å². The second-order valence-corrected chi connectivity index (χ2v) is 2.29. The van der Waals surface area contributed by atoms with Crippen LogP contribution in [0, 0.1) is 5.92 Å². The van der Waals surface area contributed by atoms with Crippen LogP contribution in [0.3, 0.4) is 0 Å². The monoisotopic (exact) mass is 96.1 g/mol. The van der Waals surface area contributed by atoms with Crippen LogP contribution < -0.4 is 0 Å². The third-order valence-electron chi connectivity index (χ3n) is 1.86. The summed E-state index contributed by atoms with van der Waals surface area (Å²) >= 11 is 0. The lowest BCUT2D eigenvalue weighted by atomic mass is 9.84. The van der Waals surface area contributed by atoms with Crippen molar-refractivity contribution in [3.63, 3.8) is 0 Å². The molecule has 0 radical (unpaired) electrons. The molecule has 7 heavy (non-hydrogen) atoms. The molecular formula is C7H12. The molecule has 1 atom stereocenters. The molecule has 0 aromatic carbocycles. The minimum absolute atomic E-state index is 0.944. The van der Waals surface area contributed by atoms with Crippen molar-refractivity contribution in [3.05, 3.63) is 11.6 Å². The molecule has 1 rings (SSSR count). The van der Waals surface area contributed by atoms with Gasteiger partial charge >= 0.3 is 0 Å². The molecule has 0 saturated heterocycles. The van der Waals surface area contributed by atoms with Crippen molar-refractivity contribution in [1.82, 2.24) is 0 Å². The second-order valence-electron chi connectivity index (χ2n) is 2.29. The summed E-state index contributed by atoms with van der Waals surface area (Å²) in [5.41, 5.74) is 1.60. The van der Waals surface area contributed by atoms with Crippen LogP contribution >= 0.6 is 0 Å². The van der Waals surface area contributed by atoms with Crippen LogP contribution in [-0.4, -0.2) is 0 Å². The summed E-state index contributed by atoms with van der Waals surface area (Å²) in [5, 5.41) is 0. The lowest BCUT2D eigenvalue weighted by molar-refractivity contribution is 0.545. The molecule has 0 aromatic heterocycles. The van der Waals surface area contributed by atoms with Gasteiger partial charge < -0.3 is 0 Å². The van der Waals surface area contributed by atoms with Crippen molar-refractivity contribution in [3.8, 4) is 0 Å². The van der Waals surface area contributed by atoms with Crippen molar-refractivity contribution < 1.29 is 0 Å². The average molecular weight is 96.2 g/mol. The quantitative estimate of drug-likeness (QED) is 0.439. The van der Waals surface area contributed by atoms with E-state index in [0.717, 1.165) is 5.92 Å². The van der Waals surface area contributed by atoms with E-state index in [1.165, 1.54) is 12.8 Å². The maximum absolute atomic E-state index is 2.31. The maximum Gasteiger partial charge on any atom is -0.0174 e. The maximum atomic E-state index is 2.31. The molecule has 1 aliphatic rings. The van der Waals surface area contributed by atoms with E-state index in [9.17, 15) is 0 Å². The lowest BCUT2D eigenvalue weighted by Gasteiger charge is -2.21. The van der Waals surface area contributed by atoms with Crippen LogP contribution in [0.1, 0.15) is 26.7 Å². The standard InChI is InChI=1S/C7H12/c1-3-7-5-4-6(7)2/h4,7H,3,5H2,1-2H3. The van der Waals surface area contributed by atoms with Crippen molar-refractivity contribution in [1.29, 1.82) is 0 Å². The van der Waals surface area contributed by atoms with Crippen LogP contribution in [0.2, 0.25) is 0 Å². The zero-order valence-electron chi connectivity index (χ0n) is 5.07. The topological polar surface area (TPSA) is 0 Å². The van der Waals surface area contributed by atoms with Crippen LogP contribution in [0.25, 0.3) is 0 Å². The van der Waals surface area contributed by atoms with Gasteiger partial charge in [0.05, 0.1) is 0 Å². The first kappa shape index (κ1) is 4.89. The van der Waals surface area contributed by atoms with Gasteiger partial charge in [-0.15, -0.1) is 0 Å². The van der Waals surface area contributed by atoms with E-state index in [1.807, 2.05) is 0 Å². The first-order valence-corrected chi connectivity index (χ1v) is 3.01. The van der Waals surface area contributed by atoms with Gasteiger partial charge in [-0.2, -0.15) is 0 Å². The SMILES string of the molecule is CCC1CC=C1C. The Morgan fingerprint density at radius 3 is 2.57 bits per heavy atom. The van der Waals surface area contributed by atoms with Crippen molar-refractivity contribution >= 4 is 0 Å². The Morgan fingerprint density at radius 1 is 1.86 bits per heavy atom. The van der Waals surface area contributed by atoms with E-state index >= 15 is 0 Å². The van der Waals surface area contributed by atoms with Crippen molar-refractivity contribution in [2.24, 2.45) is 5.92 Å². The normalized spacial score (nSPS) is 28.9. The zero-order chi connectivity index (χ0) is 5.28. The number of hydrogen-bond acceptors (Lipinski definition) is 0. The van der Waals surface area contributed by atoms with Crippen LogP contribution in [-0.2, 0) is 0 Å². The molecular weight excluding hydrogens is 84.1 g/mol. The fourth-order valence-corrected chi connectivity index (χ4v) is 1.01. The first-order chi connectivity index (χ1) is 3.34. The largest absolute Gasteiger partial charge is 0.0847 e. The molecule has 0 N–H and O–H groups in total. The Kier molecular flexibility index (Phi) is 1.18. The number of hydrogen-bond donors (Lipinski definition) is 0. The van der Waals surface area contributed by atoms with Gasteiger partial charge in [0.2, 0.25) is 0 Å². The van der Waals surface area contributed by atoms with E-state index in [4.69, 9.17) is 0 Å². The highest BCUT2D eigenvalue weighted by atomic mass is 14.2. The summed E-state index contributed by atoms with van der Waals surface area (Å²) in [6, 6.07) is 0. The molecule has 0 fully saturated rings. The van der Waals surface area contributed by atoms with Gasteiger partial charge in [-0.25, -0.2) is 0 Å². The average Bonchev–Trinajstić information content (AvgIpc) is 1.65. The summed E-state index contributed by atoms with van der Waals surface area (Å²) in [6.07, 6.45) is 4.98. The molecule has 0 saturated carbocycles. The van der Waals surface area contributed by atoms with Crippen molar-refractivity contribution in [2.45, 2.75) is 26.7 Å². The van der Waals surface area contributed by atoms with Gasteiger partial charge in [0.1, 0.15) is 0 Å². The van der Waals surface area contributed by atoms with E-state index in [2.05, 4.69) is 19.9 Å². The second kappa shape index (κ2) is 1.69. The summed E-state index contributed by atoms with van der Waals surface area (Å²) in [6.45, 7) is 4.47. The minimum Gasteiger partial charge on any atom is -0.0847 e. The zero-order valence-corrected chi connectivity index (χ0v) is 5.07. The number of rotatable bonds is 1. The molecule has 0 spiro atoms. The Bertz CT molecular complexity index is 90.2. The van der Waals surface area contributed by atoms with Crippen molar-refractivity contribution in [2.75, 3.05) is 0 Å². The van der Waals surface area contributed by atoms with Gasteiger partial charge in [0.15, 0.2) is 0 Å². The Balaban J connectivity index is 2.37. The van der Waals surface area contributed by atoms with E-state index in [1.54, 1.807) is 5.57 Å². The highest BCUT2D eigenvalue weighted by Gasteiger charge is 2.13. The smallest absolute Gasteiger partial charge is 0.0174 e. The van der Waals surface area contributed by atoms with Gasteiger partial charge in [0, 0.05) is 0 Å². The Hall–Kier alpha value is -0.260. The molecule has 0 aliphatic heterocycles. The summed E-state index contributed by atoms with van der Waals surface area (Å²) in [4.78, 5) is 0. The molecule has 0 heteroatoms. The lowest BCUT2D eigenvalue weighted by Crippen LogP contribution is -2.07. The fraction of sp³-hybridized carbons (Fsp3) is 0.714. The molecule has 1 aliphatic carbocycles. The van der Waals surface area contributed by atoms with E-state index in [-0.39, 0.29) is 0 Å². The predicted molar refractivity (Wildman–Crippen MR) is 32.2 cm³/mol. The summed E-state index contributed by atoms with van der Waals surface area (Å²) in [5.74, 6) is 0.944. The molecule has 0 bridgehead atoms. The van der Waals surface area contributed by atoms with Gasteiger partial charge in [-0.3, -0.25) is 0 Å².